The van der Waals surface area contributed by atoms with Crippen molar-refractivity contribution in [2.75, 3.05) is 26.2 Å². The third-order valence-corrected chi connectivity index (χ3v) is 5.57. The number of ether oxygens (including phenoxy) is 1. The summed E-state index contributed by atoms with van der Waals surface area (Å²) in [5, 5.41) is 2.94. The van der Waals surface area contributed by atoms with Crippen LogP contribution in [-0.2, 0) is 0 Å². The number of aromatic nitrogens is 2. The minimum atomic E-state index is -2.68. The molecule has 1 fully saturated rings. The Bertz CT molecular complexity index is 753. The van der Waals surface area contributed by atoms with E-state index in [1.54, 1.807) is 6.07 Å². The number of hydrogen-bond acceptors (Lipinski definition) is 7. The third kappa shape index (κ3) is 5.01. The molecule has 2 aromatic heterocycles. The van der Waals surface area contributed by atoms with Crippen LogP contribution in [0.1, 0.15) is 35.9 Å². The van der Waals surface area contributed by atoms with E-state index in [0.717, 1.165) is 24.2 Å². The summed E-state index contributed by atoms with van der Waals surface area (Å²) < 4.78 is 44.9. The van der Waals surface area contributed by atoms with Gasteiger partial charge in [-0.15, -0.1) is 11.3 Å². The molecule has 1 atom stereocenters. The van der Waals surface area contributed by atoms with Crippen LogP contribution in [0.5, 0.6) is 5.88 Å². The van der Waals surface area contributed by atoms with Gasteiger partial charge in [0.05, 0.1) is 23.0 Å². The van der Waals surface area contributed by atoms with E-state index < -0.39 is 18.4 Å². The lowest BCUT2D eigenvalue weighted by molar-refractivity contribution is 0.104. The zero-order valence-electron chi connectivity index (χ0n) is 14.4. The van der Waals surface area contributed by atoms with Crippen LogP contribution >= 0.6 is 11.3 Å². The van der Waals surface area contributed by atoms with Crippen molar-refractivity contribution in [2.45, 2.75) is 25.3 Å². The molecular formula is C17H19F3N4O2S. The largest absolute Gasteiger partial charge is 0.477 e. The normalized spacial score (nSPS) is 17.2. The summed E-state index contributed by atoms with van der Waals surface area (Å²) in [7, 11) is 0. The summed E-state index contributed by atoms with van der Waals surface area (Å²) >= 11 is 1.13. The molecule has 1 aliphatic heterocycles. The van der Waals surface area contributed by atoms with Gasteiger partial charge in [-0.25, -0.2) is 13.8 Å². The fourth-order valence-corrected chi connectivity index (χ4v) is 4.14. The van der Waals surface area contributed by atoms with Gasteiger partial charge in [-0.3, -0.25) is 4.90 Å². The Morgan fingerprint density at radius 3 is 2.78 bits per heavy atom. The maximum atomic E-state index is 13.1. The molecule has 0 radical (unpaired) electrons. The second-order valence-corrected chi connectivity index (χ2v) is 7.21. The summed E-state index contributed by atoms with van der Waals surface area (Å²) in [4.78, 5) is 20.7. The van der Waals surface area contributed by atoms with E-state index in [9.17, 15) is 18.1 Å². The van der Waals surface area contributed by atoms with Crippen LogP contribution < -0.4 is 4.74 Å². The molecule has 1 aliphatic rings. The van der Waals surface area contributed by atoms with E-state index in [1.807, 2.05) is 4.90 Å². The number of thiazole rings is 1. The van der Waals surface area contributed by atoms with E-state index in [0.29, 0.717) is 24.6 Å². The Balaban J connectivity index is 1.57. The SMILES string of the molecule is O=NCC(c1scnc1C(F)F)N1CCC(COc2cccc(F)n2)CC1. The van der Waals surface area contributed by atoms with Crippen molar-refractivity contribution in [1.82, 2.24) is 14.9 Å². The van der Waals surface area contributed by atoms with E-state index in [1.165, 1.54) is 17.6 Å². The van der Waals surface area contributed by atoms with Gasteiger partial charge in [-0.2, -0.15) is 14.3 Å². The average molecular weight is 400 g/mol. The molecule has 6 nitrogen and oxygen atoms in total. The Labute approximate surface area is 158 Å². The number of likely N-dealkylation sites (tertiary alicyclic amines) is 1. The first-order valence-corrected chi connectivity index (χ1v) is 9.46. The fourth-order valence-electron chi connectivity index (χ4n) is 3.22. The van der Waals surface area contributed by atoms with Gasteiger partial charge in [-0.05, 0) is 37.9 Å². The minimum absolute atomic E-state index is 0.0870. The molecule has 146 valence electrons. The molecule has 3 heterocycles. The van der Waals surface area contributed by atoms with E-state index in [2.05, 4.69) is 15.1 Å². The number of hydrogen-bond donors (Lipinski definition) is 0. The molecule has 1 saturated heterocycles. The monoisotopic (exact) mass is 400 g/mol. The highest BCUT2D eigenvalue weighted by atomic mass is 32.1. The number of halogens is 3. The molecule has 27 heavy (non-hydrogen) atoms. The molecule has 3 rings (SSSR count). The first kappa shape index (κ1) is 19.7. The topological polar surface area (TPSA) is 67.7 Å². The highest BCUT2D eigenvalue weighted by Crippen LogP contribution is 2.35. The summed E-state index contributed by atoms with van der Waals surface area (Å²) in [6.07, 6.45) is -1.13. The first-order chi connectivity index (χ1) is 13.1. The molecule has 2 aromatic rings. The lowest BCUT2D eigenvalue weighted by Crippen LogP contribution is -2.39. The highest BCUT2D eigenvalue weighted by Gasteiger charge is 2.31. The quantitative estimate of drug-likeness (QED) is 0.490. The van der Waals surface area contributed by atoms with E-state index >= 15 is 0 Å². The molecular weight excluding hydrogens is 381 g/mol. The summed E-state index contributed by atoms with van der Waals surface area (Å²) in [5.74, 6) is -0.107. The van der Waals surface area contributed by atoms with E-state index in [4.69, 9.17) is 4.74 Å². The van der Waals surface area contributed by atoms with Crippen LogP contribution in [0.25, 0.3) is 0 Å². The predicted octanol–water partition coefficient (Wildman–Crippen LogP) is 4.21. The highest BCUT2D eigenvalue weighted by molar-refractivity contribution is 7.09. The van der Waals surface area contributed by atoms with Gasteiger partial charge in [0.2, 0.25) is 11.8 Å². The number of pyridine rings is 1. The van der Waals surface area contributed by atoms with Crippen molar-refractivity contribution in [3.8, 4) is 5.88 Å². The Morgan fingerprint density at radius 2 is 2.11 bits per heavy atom. The van der Waals surface area contributed by atoms with Crippen molar-refractivity contribution < 1.29 is 17.9 Å². The molecule has 1 unspecified atom stereocenters. The molecule has 0 spiro atoms. The summed E-state index contributed by atoms with van der Waals surface area (Å²) in [6, 6.07) is 3.90. The third-order valence-electron chi connectivity index (χ3n) is 4.63. The number of nitroso groups, excluding NO2 is 1. The molecule has 0 aliphatic carbocycles. The minimum Gasteiger partial charge on any atom is -0.477 e. The maximum Gasteiger partial charge on any atom is 0.281 e. The van der Waals surface area contributed by atoms with Gasteiger partial charge >= 0.3 is 0 Å². The molecule has 10 heteroatoms. The molecule has 0 amide bonds. The van der Waals surface area contributed by atoms with Crippen molar-refractivity contribution >= 4 is 11.3 Å². The fraction of sp³-hybridized carbons (Fsp3) is 0.529. The second-order valence-electron chi connectivity index (χ2n) is 6.32. The average Bonchev–Trinajstić information content (AvgIpc) is 3.15. The molecule has 0 aromatic carbocycles. The predicted molar refractivity (Wildman–Crippen MR) is 94.5 cm³/mol. The zero-order chi connectivity index (χ0) is 19.2. The Morgan fingerprint density at radius 1 is 1.33 bits per heavy atom. The zero-order valence-corrected chi connectivity index (χ0v) is 15.2. The lowest BCUT2D eigenvalue weighted by Gasteiger charge is -2.36. The smallest absolute Gasteiger partial charge is 0.281 e. The Hall–Kier alpha value is -2.07. The number of rotatable bonds is 8. The standard InChI is InChI=1S/C17H19F3N4O2S/c18-13-2-1-3-14(23-13)26-9-11-4-6-24(7-5-11)12(8-22-25)16-15(17(19)20)21-10-27-16/h1-3,10-12,17H,4-9H2. The van der Waals surface area contributed by atoms with Gasteiger partial charge in [0.25, 0.3) is 6.43 Å². The van der Waals surface area contributed by atoms with Crippen molar-refractivity contribution in [2.24, 2.45) is 11.1 Å². The second kappa shape index (κ2) is 9.23. The van der Waals surface area contributed by atoms with Crippen molar-refractivity contribution in [1.29, 1.82) is 0 Å². The van der Waals surface area contributed by atoms with E-state index in [-0.39, 0.29) is 24.0 Å². The van der Waals surface area contributed by atoms with Crippen LogP contribution in [0.3, 0.4) is 0 Å². The van der Waals surface area contributed by atoms with Crippen molar-refractivity contribution in [3.63, 3.8) is 0 Å². The summed E-state index contributed by atoms with van der Waals surface area (Å²) in [6.45, 7) is 1.58. The first-order valence-electron chi connectivity index (χ1n) is 8.58. The van der Waals surface area contributed by atoms with Crippen LogP contribution in [0.15, 0.2) is 28.9 Å². The maximum absolute atomic E-state index is 13.1. The molecule has 0 N–H and O–H groups in total. The van der Waals surface area contributed by atoms with Gasteiger partial charge < -0.3 is 4.74 Å². The number of alkyl halides is 2. The molecule has 0 bridgehead atoms. The lowest BCUT2D eigenvalue weighted by atomic mass is 9.96. The molecule has 0 saturated carbocycles. The van der Waals surface area contributed by atoms with Crippen LogP contribution in [0.4, 0.5) is 13.2 Å². The Kier molecular flexibility index (Phi) is 6.73. The van der Waals surface area contributed by atoms with Gasteiger partial charge in [-0.1, -0.05) is 11.2 Å². The number of nitrogens with zero attached hydrogens (tertiary/aromatic N) is 4. The van der Waals surface area contributed by atoms with Gasteiger partial charge in [0.1, 0.15) is 12.2 Å². The van der Waals surface area contributed by atoms with Gasteiger partial charge in [0, 0.05) is 6.07 Å². The van der Waals surface area contributed by atoms with Crippen molar-refractivity contribution in [3.05, 3.63) is 45.1 Å². The summed E-state index contributed by atoms with van der Waals surface area (Å²) in [5.41, 5.74) is 1.11. The van der Waals surface area contributed by atoms with Crippen LogP contribution in [0.2, 0.25) is 0 Å². The number of piperidine rings is 1. The van der Waals surface area contributed by atoms with Crippen LogP contribution in [-0.4, -0.2) is 41.1 Å². The van der Waals surface area contributed by atoms with Crippen LogP contribution in [0, 0.1) is 16.8 Å². The van der Waals surface area contributed by atoms with Gasteiger partial charge in [0.15, 0.2) is 0 Å².